The van der Waals surface area contributed by atoms with Crippen LogP contribution in [0.3, 0.4) is 0 Å². The Morgan fingerprint density at radius 3 is 2.80 bits per heavy atom. The number of hydrogen-bond donors (Lipinski definition) is 3. The van der Waals surface area contributed by atoms with E-state index in [9.17, 15) is 4.79 Å². The molecule has 1 atom stereocenters. The van der Waals surface area contributed by atoms with Crippen molar-refractivity contribution in [3.8, 4) is 0 Å². The fourth-order valence-corrected chi connectivity index (χ4v) is 3.77. The van der Waals surface area contributed by atoms with Gasteiger partial charge in [0.1, 0.15) is 0 Å². The van der Waals surface area contributed by atoms with Crippen LogP contribution in [-0.4, -0.2) is 51.4 Å². The lowest BCUT2D eigenvalue weighted by molar-refractivity contribution is -0.119. The lowest BCUT2D eigenvalue weighted by Gasteiger charge is -2.14. The summed E-state index contributed by atoms with van der Waals surface area (Å²) in [4.78, 5) is 16.6. The number of carbonyl (C=O) groups excluding carboxylic acids is 1. The van der Waals surface area contributed by atoms with Crippen molar-refractivity contribution in [2.24, 2.45) is 10.9 Å². The predicted octanol–water partition coefficient (Wildman–Crippen LogP) is 3.29. The van der Waals surface area contributed by atoms with Gasteiger partial charge in [-0.25, -0.2) is 0 Å². The zero-order chi connectivity index (χ0) is 20.3. The summed E-state index contributed by atoms with van der Waals surface area (Å²) >= 11 is 0. The topological polar surface area (TPSA) is 84.0 Å². The van der Waals surface area contributed by atoms with Crippen molar-refractivity contribution in [2.45, 2.75) is 51.2 Å². The number of nitrogens with one attached hydrogen (secondary N) is 3. The molecule has 0 spiro atoms. The Balaban J connectivity index is 0.00000320. The summed E-state index contributed by atoms with van der Waals surface area (Å²) in [5, 5.41) is 9.69. The van der Waals surface area contributed by atoms with E-state index in [-0.39, 0.29) is 41.9 Å². The molecule has 1 aromatic carbocycles. The summed E-state index contributed by atoms with van der Waals surface area (Å²) in [5.41, 5.74) is 1.96. The highest BCUT2D eigenvalue weighted by molar-refractivity contribution is 14.0. The standard InChI is InChI=1S/C22H34N4O3.HI/c1-23-22(24-11-5-12-29-20-10-13-28-16-20)25-15-17-6-4-9-19(14-17)26-21(27)18-7-2-3-8-18;/h4,6,9,14,18,20H,2-3,5,7-8,10-13,15-16H2,1H3,(H,26,27)(H2,23,24,25);1H. The number of carbonyl (C=O) groups is 1. The van der Waals surface area contributed by atoms with Gasteiger partial charge < -0.3 is 25.4 Å². The number of nitrogens with zero attached hydrogens (tertiary/aromatic N) is 1. The van der Waals surface area contributed by atoms with Crippen LogP contribution in [0.2, 0.25) is 0 Å². The highest BCUT2D eigenvalue weighted by atomic mass is 127. The summed E-state index contributed by atoms with van der Waals surface area (Å²) in [6, 6.07) is 7.98. The lowest BCUT2D eigenvalue weighted by atomic mass is 10.1. The maximum Gasteiger partial charge on any atom is 0.227 e. The second-order valence-electron chi connectivity index (χ2n) is 7.73. The highest BCUT2D eigenvalue weighted by Crippen LogP contribution is 2.26. The Kier molecular flexibility index (Phi) is 11.5. The van der Waals surface area contributed by atoms with Crippen molar-refractivity contribution in [3.63, 3.8) is 0 Å². The zero-order valence-corrected chi connectivity index (χ0v) is 20.2. The highest BCUT2D eigenvalue weighted by Gasteiger charge is 2.22. The molecular weight excluding hydrogens is 495 g/mol. The van der Waals surface area contributed by atoms with Crippen molar-refractivity contribution in [1.29, 1.82) is 0 Å². The van der Waals surface area contributed by atoms with Crippen LogP contribution in [0.1, 0.15) is 44.1 Å². The Bertz CT molecular complexity index is 674. The lowest BCUT2D eigenvalue weighted by Crippen LogP contribution is -2.37. The molecular formula is C22H35IN4O3. The molecule has 30 heavy (non-hydrogen) atoms. The van der Waals surface area contributed by atoms with Gasteiger partial charge in [-0.15, -0.1) is 24.0 Å². The molecule has 0 radical (unpaired) electrons. The molecule has 1 saturated carbocycles. The van der Waals surface area contributed by atoms with E-state index in [1.807, 2.05) is 24.3 Å². The van der Waals surface area contributed by atoms with Crippen LogP contribution >= 0.6 is 24.0 Å². The number of halogens is 1. The molecule has 1 aliphatic carbocycles. The summed E-state index contributed by atoms with van der Waals surface area (Å²) in [7, 11) is 1.76. The molecule has 1 saturated heterocycles. The predicted molar refractivity (Wildman–Crippen MR) is 130 cm³/mol. The molecule has 2 fully saturated rings. The Hall–Kier alpha value is -1.39. The average molecular weight is 530 g/mol. The fraction of sp³-hybridized carbons (Fsp3) is 0.636. The van der Waals surface area contributed by atoms with Crippen molar-refractivity contribution in [3.05, 3.63) is 29.8 Å². The Morgan fingerprint density at radius 1 is 1.23 bits per heavy atom. The van der Waals surface area contributed by atoms with E-state index >= 15 is 0 Å². The minimum absolute atomic E-state index is 0. The molecule has 2 aliphatic rings. The minimum atomic E-state index is 0. The van der Waals surface area contributed by atoms with Gasteiger partial charge in [-0.3, -0.25) is 9.79 Å². The number of benzene rings is 1. The van der Waals surface area contributed by atoms with Crippen molar-refractivity contribution >= 4 is 41.5 Å². The summed E-state index contributed by atoms with van der Waals surface area (Å²) in [6.45, 7) is 3.69. The van der Waals surface area contributed by atoms with E-state index in [4.69, 9.17) is 9.47 Å². The number of ether oxygens (including phenoxy) is 2. The van der Waals surface area contributed by atoms with Crippen LogP contribution in [-0.2, 0) is 20.8 Å². The maximum atomic E-state index is 12.3. The molecule has 8 heteroatoms. The van der Waals surface area contributed by atoms with E-state index in [0.717, 1.165) is 82.1 Å². The second kappa shape index (κ2) is 13.8. The molecule has 1 aromatic rings. The van der Waals surface area contributed by atoms with E-state index in [1.54, 1.807) is 7.05 Å². The molecule has 1 amide bonds. The third kappa shape index (κ3) is 8.39. The van der Waals surface area contributed by atoms with Gasteiger partial charge in [-0.05, 0) is 43.4 Å². The third-order valence-electron chi connectivity index (χ3n) is 5.46. The minimum Gasteiger partial charge on any atom is -0.379 e. The van der Waals surface area contributed by atoms with Gasteiger partial charge in [0.2, 0.25) is 5.91 Å². The molecule has 1 heterocycles. The first kappa shape index (κ1) is 24.9. The molecule has 0 bridgehead atoms. The molecule has 0 aromatic heterocycles. The summed E-state index contributed by atoms with van der Waals surface area (Å²) < 4.78 is 11.1. The van der Waals surface area contributed by atoms with Gasteiger partial charge in [0.25, 0.3) is 0 Å². The second-order valence-corrected chi connectivity index (χ2v) is 7.73. The van der Waals surface area contributed by atoms with Gasteiger partial charge in [-0.1, -0.05) is 25.0 Å². The molecule has 1 unspecified atom stereocenters. The Labute approximate surface area is 196 Å². The Morgan fingerprint density at radius 2 is 2.07 bits per heavy atom. The number of hydrogen-bond acceptors (Lipinski definition) is 4. The van der Waals surface area contributed by atoms with Gasteiger partial charge in [0, 0.05) is 45.0 Å². The monoisotopic (exact) mass is 530 g/mol. The average Bonchev–Trinajstić information content (AvgIpc) is 3.44. The van der Waals surface area contributed by atoms with Crippen LogP contribution in [0.15, 0.2) is 29.3 Å². The first-order valence-corrected chi connectivity index (χ1v) is 10.8. The number of amides is 1. The molecule has 168 valence electrons. The van der Waals surface area contributed by atoms with Gasteiger partial charge in [0.15, 0.2) is 5.96 Å². The number of anilines is 1. The van der Waals surface area contributed by atoms with Crippen molar-refractivity contribution in [2.75, 3.05) is 38.7 Å². The number of rotatable bonds is 9. The fourth-order valence-electron chi connectivity index (χ4n) is 3.77. The third-order valence-corrected chi connectivity index (χ3v) is 5.46. The summed E-state index contributed by atoms with van der Waals surface area (Å²) in [5.74, 6) is 1.08. The molecule has 3 rings (SSSR count). The van der Waals surface area contributed by atoms with E-state index in [0.29, 0.717) is 6.54 Å². The first-order chi connectivity index (χ1) is 14.2. The number of aliphatic imine (C=N–C) groups is 1. The number of guanidine groups is 1. The smallest absolute Gasteiger partial charge is 0.227 e. The molecule has 1 aliphatic heterocycles. The van der Waals surface area contributed by atoms with Gasteiger partial charge in [-0.2, -0.15) is 0 Å². The van der Waals surface area contributed by atoms with Crippen LogP contribution in [0.4, 0.5) is 5.69 Å². The van der Waals surface area contributed by atoms with E-state index < -0.39 is 0 Å². The maximum absolute atomic E-state index is 12.3. The van der Waals surface area contributed by atoms with Gasteiger partial charge >= 0.3 is 0 Å². The van der Waals surface area contributed by atoms with Gasteiger partial charge in [0.05, 0.1) is 12.7 Å². The molecule has 7 nitrogen and oxygen atoms in total. The largest absolute Gasteiger partial charge is 0.379 e. The van der Waals surface area contributed by atoms with Crippen LogP contribution in [0, 0.1) is 5.92 Å². The quantitative estimate of drug-likeness (QED) is 0.198. The van der Waals surface area contributed by atoms with E-state index in [2.05, 4.69) is 20.9 Å². The summed E-state index contributed by atoms with van der Waals surface area (Å²) in [6.07, 6.45) is 6.51. The van der Waals surface area contributed by atoms with Crippen LogP contribution in [0.5, 0.6) is 0 Å². The van der Waals surface area contributed by atoms with E-state index in [1.165, 1.54) is 0 Å². The van der Waals surface area contributed by atoms with Crippen LogP contribution in [0.25, 0.3) is 0 Å². The van der Waals surface area contributed by atoms with Crippen LogP contribution < -0.4 is 16.0 Å². The normalized spacial score (nSPS) is 19.4. The van der Waals surface area contributed by atoms with Crippen molar-refractivity contribution in [1.82, 2.24) is 10.6 Å². The van der Waals surface area contributed by atoms with Crippen molar-refractivity contribution < 1.29 is 14.3 Å². The zero-order valence-electron chi connectivity index (χ0n) is 17.8. The molecule has 3 N–H and O–H groups in total. The SMILES string of the molecule is CN=C(NCCCOC1CCOC1)NCc1cccc(NC(=O)C2CCCC2)c1.I. The first-order valence-electron chi connectivity index (χ1n) is 10.8.